The maximum Gasteiger partial charge on any atom is 0.236 e. The van der Waals surface area contributed by atoms with Crippen molar-refractivity contribution in [2.45, 2.75) is 25.7 Å². The Labute approximate surface area is 96.8 Å². The van der Waals surface area contributed by atoms with Gasteiger partial charge in [-0.3, -0.25) is 4.79 Å². The highest BCUT2D eigenvalue weighted by Gasteiger charge is 2.44. The molecule has 2 N–H and O–H groups in total. The number of nitrogens with two attached hydrogens (primary N) is 1. The molecule has 2 aliphatic rings. The molecule has 0 aromatic rings. The van der Waals surface area contributed by atoms with E-state index in [-0.39, 0.29) is 12.5 Å². The van der Waals surface area contributed by atoms with Crippen molar-refractivity contribution in [3.05, 3.63) is 0 Å². The van der Waals surface area contributed by atoms with Crippen LogP contribution < -0.4 is 5.73 Å². The average molecular weight is 228 g/mol. The molecule has 1 saturated heterocycles. The van der Waals surface area contributed by atoms with E-state index in [4.69, 9.17) is 5.73 Å². The second kappa shape index (κ2) is 4.34. The summed E-state index contributed by atoms with van der Waals surface area (Å²) in [7, 11) is 0. The van der Waals surface area contributed by atoms with E-state index in [1.807, 2.05) is 4.90 Å². The van der Waals surface area contributed by atoms with Crippen LogP contribution in [0.5, 0.6) is 0 Å². The van der Waals surface area contributed by atoms with Gasteiger partial charge >= 0.3 is 0 Å². The minimum Gasteiger partial charge on any atom is -0.341 e. The molecule has 4 heteroatoms. The van der Waals surface area contributed by atoms with Crippen LogP contribution in [0.15, 0.2) is 0 Å². The summed E-state index contributed by atoms with van der Waals surface area (Å²) >= 11 is 4.37. The third kappa shape index (κ3) is 2.16. The molecular weight excluding hydrogens is 208 g/mol. The van der Waals surface area contributed by atoms with Crippen LogP contribution in [0.3, 0.4) is 0 Å². The maximum absolute atomic E-state index is 11.5. The molecule has 86 valence electrons. The lowest BCUT2D eigenvalue weighted by molar-refractivity contribution is -0.129. The van der Waals surface area contributed by atoms with Crippen molar-refractivity contribution in [1.82, 2.24) is 4.90 Å². The number of hydrogen-bond donors (Lipinski definition) is 2. The van der Waals surface area contributed by atoms with Gasteiger partial charge in [0.2, 0.25) is 5.91 Å². The number of thiol groups is 1. The van der Waals surface area contributed by atoms with E-state index in [0.29, 0.717) is 5.41 Å². The van der Waals surface area contributed by atoms with Crippen molar-refractivity contribution >= 4 is 18.5 Å². The van der Waals surface area contributed by atoms with Gasteiger partial charge in [-0.15, -0.1) is 0 Å². The molecule has 1 amide bonds. The molecule has 3 nitrogen and oxygen atoms in total. The summed E-state index contributed by atoms with van der Waals surface area (Å²) in [5.41, 5.74) is 5.80. The van der Waals surface area contributed by atoms with Crippen molar-refractivity contribution < 1.29 is 4.79 Å². The minimum absolute atomic E-state index is 0.112. The predicted molar refractivity (Wildman–Crippen MR) is 63.9 cm³/mol. The van der Waals surface area contributed by atoms with Crippen LogP contribution in [0.4, 0.5) is 0 Å². The lowest BCUT2D eigenvalue weighted by Crippen LogP contribution is -2.35. The molecule has 1 aliphatic carbocycles. The number of rotatable bonds is 2. The molecule has 0 aromatic heterocycles. The Morgan fingerprint density at radius 1 is 1.53 bits per heavy atom. The summed E-state index contributed by atoms with van der Waals surface area (Å²) in [6.07, 6.45) is 4.98. The first-order chi connectivity index (χ1) is 7.19. The van der Waals surface area contributed by atoms with Crippen molar-refractivity contribution in [2.24, 2.45) is 17.1 Å². The highest BCUT2D eigenvalue weighted by atomic mass is 32.1. The Hall–Kier alpha value is -0.220. The quantitative estimate of drug-likeness (QED) is 0.690. The molecule has 0 aromatic carbocycles. The van der Waals surface area contributed by atoms with E-state index >= 15 is 0 Å². The SMILES string of the molecule is NCC(=O)N1CC[C@]2(CC[C@H](CS)C2)C1. The van der Waals surface area contributed by atoms with Gasteiger partial charge in [0.15, 0.2) is 0 Å². The van der Waals surface area contributed by atoms with Crippen molar-refractivity contribution in [3.8, 4) is 0 Å². The van der Waals surface area contributed by atoms with Gasteiger partial charge in [0.05, 0.1) is 6.54 Å². The third-order valence-electron chi connectivity index (χ3n) is 4.03. The van der Waals surface area contributed by atoms with Crippen LogP contribution >= 0.6 is 12.6 Å². The van der Waals surface area contributed by atoms with Gasteiger partial charge in [0, 0.05) is 13.1 Å². The van der Waals surface area contributed by atoms with Gasteiger partial charge in [0.25, 0.3) is 0 Å². The maximum atomic E-state index is 11.5. The lowest BCUT2D eigenvalue weighted by Gasteiger charge is -2.23. The molecule has 1 saturated carbocycles. The number of likely N-dealkylation sites (tertiary alicyclic amines) is 1. The standard InChI is InChI=1S/C11H20N2OS/c12-6-10(14)13-4-3-11(8-13)2-1-9(5-11)7-15/h9,15H,1-8,12H2/t9-,11-/m0/s1. The summed E-state index contributed by atoms with van der Waals surface area (Å²) in [6.45, 7) is 2.01. The summed E-state index contributed by atoms with van der Waals surface area (Å²) in [5, 5.41) is 0. The summed E-state index contributed by atoms with van der Waals surface area (Å²) in [6, 6.07) is 0. The van der Waals surface area contributed by atoms with E-state index in [1.54, 1.807) is 0 Å². The topological polar surface area (TPSA) is 46.3 Å². The predicted octanol–water partition coefficient (Wildman–Crippen LogP) is 0.894. The molecule has 1 spiro atoms. The zero-order chi connectivity index (χ0) is 10.9. The highest BCUT2D eigenvalue weighted by molar-refractivity contribution is 7.80. The molecule has 1 aliphatic heterocycles. The first-order valence-corrected chi connectivity index (χ1v) is 6.41. The van der Waals surface area contributed by atoms with Crippen LogP contribution in [-0.4, -0.2) is 36.2 Å². The fourth-order valence-electron chi connectivity index (χ4n) is 3.13. The van der Waals surface area contributed by atoms with Gasteiger partial charge in [0.1, 0.15) is 0 Å². The molecular formula is C11H20N2OS. The summed E-state index contributed by atoms with van der Waals surface area (Å²) in [4.78, 5) is 13.4. The fourth-order valence-corrected chi connectivity index (χ4v) is 3.44. The lowest BCUT2D eigenvalue weighted by atomic mass is 9.85. The molecule has 0 radical (unpaired) electrons. The Kier molecular flexibility index (Phi) is 3.26. The Morgan fingerprint density at radius 3 is 2.93 bits per heavy atom. The van der Waals surface area contributed by atoms with Crippen molar-refractivity contribution in [2.75, 3.05) is 25.4 Å². The second-order valence-electron chi connectivity index (χ2n) is 5.06. The van der Waals surface area contributed by atoms with Gasteiger partial charge in [-0.25, -0.2) is 0 Å². The molecule has 0 unspecified atom stereocenters. The van der Waals surface area contributed by atoms with Crippen LogP contribution in [0.2, 0.25) is 0 Å². The van der Waals surface area contributed by atoms with Gasteiger partial charge in [-0.1, -0.05) is 0 Å². The molecule has 0 bridgehead atoms. The van der Waals surface area contributed by atoms with E-state index in [9.17, 15) is 4.79 Å². The largest absolute Gasteiger partial charge is 0.341 e. The zero-order valence-corrected chi connectivity index (χ0v) is 10.0. The van der Waals surface area contributed by atoms with Crippen molar-refractivity contribution in [3.63, 3.8) is 0 Å². The summed E-state index contributed by atoms with van der Waals surface area (Å²) in [5.74, 6) is 1.87. The first kappa shape index (κ1) is 11.3. The summed E-state index contributed by atoms with van der Waals surface area (Å²) < 4.78 is 0. The molecule has 1 heterocycles. The minimum atomic E-state index is 0.112. The van der Waals surface area contributed by atoms with Crippen molar-refractivity contribution in [1.29, 1.82) is 0 Å². The monoisotopic (exact) mass is 228 g/mol. The number of carbonyl (C=O) groups is 1. The van der Waals surface area contributed by atoms with Crippen LogP contribution in [0.1, 0.15) is 25.7 Å². The number of hydrogen-bond acceptors (Lipinski definition) is 3. The molecule has 2 atom stereocenters. The van der Waals surface area contributed by atoms with Crippen LogP contribution in [0.25, 0.3) is 0 Å². The molecule has 2 rings (SSSR count). The van der Waals surface area contributed by atoms with Crippen LogP contribution in [0, 0.1) is 11.3 Å². The molecule has 2 fully saturated rings. The Balaban J connectivity index is 1.94. The zero-order valence-electron chi connectivity index (χ0n) is 9.11. The fraction of sp³-hybridized carbons (Fsp3) is 0.909. The number of carbonyl (C=O) groups excluding carboxylic acids is 1. The van der Waals surface area contributed by atoms with Gasteiger partial charge < -0.3 is 10.6 Å². The third-order valence-corrected chi connectivity index (χ3v) is 4.54. The first-order valence-electron chi connectivity index (χ1n) is 5.78. The normalized spacial score (nSPS) is 35.3. The van der Waals surface area contributed by atoms with E-state index in [1.165, 1.54) is 25.7 Å². The molecule has 15 heavy (non-hydrogen) atoms. The van der Waals surface area contributed by atoms with Gasteiger partial charge in [-0.2, -0.15) is 12.6 Å². The van der Waals surface area contributed by atoms with E-state index < -0.39 is 0 Å². The Morgan fingerprint density at radius 2 is 2.33 bits per heavy atom. The number of amides is 1. The Bertz CT molecular complexity index is 259. The van der Waals surface area contributed by atoms with Crippen LogP contribution in [-0.2, 0) is 4.79 Å². The second-order valence-corrected chi connectivity index (χ2v) is 5.43. The number of nitrogens with zero attached hydrogens (tertiary/aromatic N) is 1. The average Bonchev–Trinajstić information content (AvgIpc) is 2.86. The van der Waals surface area contributed by atoms with E-state index in [0.717, 1.165) is 24.8 Å². The van der Waals surface area contributed by atoms with E-state index in [2.05, 4.69) is 12.6 Å². The highest BCUT2D eigenvalue weighted by Crippen LogP contribution is 2.48. The van der Waals surface area contributed by atoms with Gasteiger partial charge in [-0.05, 0) is 42.8 Å². The smallest absolute Gasteiger partial charge is 0.236 e.